The standard InChI is InChI=1S/C27H26FN3O5S/c1-16-18(8-12-37-16)22-19-5-3-6-20(28)25(19)36-11-4-9-27(13-17(14-27)35-2)29-15-31(22)30-10-7-21(32)24(33)23(30)26(29)34/h3-10,12,17,22,33H,11,13-15H2,1-2H3/b9-4+. The van der Waals surface area contributed by atoms with Crippen LogP contribution in [0.5, 0.6) is 11.5 Å². The van der Waals surface area contributed by atoms with Crippen molar-refractivity contribution >= 4 is 17.2 Å². The number of hydrogen-bond acceptors (Lipinski definition) is 7. The third kappa shape index (κ3) is 3.58. The van der Waals surface area contributed by atoms with Crippen LogP contribution in [0.15, 0.2) is 58.9 Å². The molecule has 0 radical (unpaired) electrons. The number of aromatic nitrogens is 1. The summed E-state index contributed by atoms with van der Waals surface area (Å²) in [7, 11) is 1.63. The van der Waals surface area contributed by atoms with Gasteiger partial charge in [-0.25, -0.2) is 4.39 Å². The van der Waals surface area contributed by atoms with Crippen LogP contribution in [0, 0.1) is 12.7 Å². The van der Waals surface area contributed by atoms with Gasteiger partial charge in [0.2, 0.25) is 5.43 Å². The maximum absolute atomic E-state index is 15.2. The summed E-state index contributed by atoms with van der Waals surface area (Å²) in [5.74, 6) is -1.44. The topological polar surface area (TPSA) is 84.2 Å². The number of para-hydroxylation sites is 1. The van der Waals surface area contributed by atoms with E-state index in [1.165, 1.54) is 23.0 Å². The Balaban J connectivity index is 1.64. The minimum atomic E-state index is -0.716. The van der Waals surface area contributed by atoms with Crippen molar-refractivity contribution in [3.05, 3.63) is 91.8 Å². The summed E-state index contributed by atoms with van der Waals surface area (Å²) in [6, 6.07) is 7.42. The van der Waals surface area contributed by atoms with Crippen LogP contribution in [0.1, 0.15) is 45.4 Å². The molecule has 2 bridgehead atoms. The smallest absolute Gasteiger partial charge is 0.278 e. The quantitative estimate of drug-likeness (QED) is 0.516. The number of aryl methyl sites for hydroxylation is 1. The van der Waals surface area contributed by atoms with Gasteiger partial charge in [0.25, 0.3) is 5.91 Å². The van der Waals surface area contributed by atoms with Crippen molar-refractivity contribution in [2.24, 2.45) is 0 Å². The normalized spacial score (nSPS) is 25.5. The third-order valence-corrected chi connectivity index (χ3v) is 8.49. The lowest BCUT2D eigenvalue weighted by Crippen LogP contribution is -2.67. The van der Waals surface area contributed by atoms with Crippen LogP contribution < -0.4 is 15.2 Å². The van der Waals surface area contributed by atoms with E-state index in [0.717, 1.165) is 10.4 Å². The maximum Gasteiger partial charge on any atom is 0.278 e. The highest BCUT2D eigenvalue weighted by Gasteiger charge is 2.53. The van der Waals surface area contributed by atoms with Crippen LogP contribution >= 0.6 is 11.3 Å². The summed E-state index contributed by atoms with van der Waals surface area (Å²) in [4.78, 5) is 29.1. The highest BCUT2D eigenvalue weighted by atomic mass is 32.1. The second-order valence-corrected chi connectivity index (χ2v) is 10.7. The Morgan fingerprint density at radius 3 is 2.73 bits per heavy atom. The molecule has 8 nitrogen and oxygen atoms in total. The molecule has 192 valence electrons. The van der Waals surface area contributed by atoms with Crippen LogP contribution in [-0.2, 0) is 4.74 Å². The number of carbonyl (C=O) groups excluding carboxylic acids is 1. The summed E-state index contributed by atoms with van der Waals surface area (Å²) < 4.78 is 28.3. The number of benzene rings is 1. The molecule has 1 saturated carbocycles. The van der Waals surface area contributed by atoms with Crippen LogP contribution in [0.4, 0.5) is 4.39 Å². The predicted molar refractivity (Wildman–Crippen MR) is 136 cm³/mol. The lowest BCUT2D eigenvalue weighted by Gasteiger charge is -2.56. The molecule has 2 aliphatic heterocycles. The van der Waals surface area contributed by atoms with Crippen LogP contribution in [0.2, 0.25) is 0 Å². The number of aromatic hydroxyl groups is 1. The highest BCUT2D eigenvalue weighted by Crippen LogP contribution is 2.46. The predicted octanol–water partition coefficient (Wildman–Crippen LogP) is 3.70. The molecule has 37 heavy (non-hydrogen) atoms. The molecule has 1 aromatic carbocycles. The molecule has 1 spiro atoms. The number of rotatable bonds is 2. The fourth-order valence-electron chi connectivity index (χ4n) is 5.69. The molecule has 1 atom stereocenters. The minimum Gasteiger partial charge on any atom is -0.502 e. The summed E-state index contributed by atoms with van der Waals surface area (Å²) in [5.41, 5.74) is 0.00279. The van der Waals surface area contributed by atoms with Gasteiger partial charge in [0.1, 0.15) is 19.3 Å². The molecule has 10 heteroatoms. The fourth-order valence-corrected chi connectivity index (χ4v) is 6.42. The van der Waals surface area contributed by atoms with Crippen molar-refractivity contribution in [3.8, 4) is 11.5 Å². The maximum atomic E-state index is 15.2. The van der Waals surface area contributed by atoms with Crippen LogP contribution in [0.3, 0.4) is 0 Å². The van der Waals surface area contributed by atoms with E-state index in [1.807, 2.05) is 35.5 Å². The monoisotopic (exact) mass is 523 g/mol. The van der Waals surface area contributed by atoms with Gasteiger partial charge in [0.15, 0.2) is 23.0 Å². The molecule has 1 amide bonds. The molecule has 1 unspecified atom stereocenters. The second kappa shape index (κ2) is 8.74. The number of methoxy groups -OCH3 is 1. The van der Waals surface area contributed by atoms with Crippen LogP contribution in [0.25, 0.3) is 0 Å². The summed E-state index contributed by atoms with van der Waals surface area (Å²) in [6.45, 7) is 2.23. The number of amides is 1. The number of pyridine rings is 1. The molecule has 2 aromatic heterocycles. The molecule has 1 fully saturated rings. The number of halogens is 1. The zero-order valence-electron chi connectivity index (χ0n) is 20.4. The number of thiophene rings is 1. The molecular formula is C27H26FN3O5S. The lowest BCUT2D eigenvalue weighted by atomic mass is 9.72. The van der Waals surface area contributed by atoms with Gasteiger partial charge in [-0.3, -0.25) is 19.3 Å². The molecule has 3 aromatic rings. The second-order valence-electron chi connectivity index (χ2n) is 9.61. The van der Waals surface area contributed by atoms with E-state index in [2.05, 4.69) is 0 Å². The summed E-state index contributed by atoms with van der Waals surface area (Å²) in [5, 5.41) is 14.7. The van der Waals surface area contributed by atoms with E-state index >= 15 is 4.39 Å². The molecule has 6 rings (SSSR count). The highest BCUT2D eigenvalue weighted by molar-refractivity contribution is 7.10. The minimum absolute atomic E-state index is 0.0463. The number of fused-ring (bicyclic) bond motifs is 6. The van der Waals surface area contributed by atoms with Gasteiger partial charge in [-0.05, 0) is 36.1 Å². The largest absolute Gasteiger partial charge is 0.502 e. The molecule has 0 saturated heterocycles. The molecule has 4 heterocycles. The van der Waals surface area contributed by atoms with Gasteiger partial charge < -0.3 is 19.5 Å². The van der Waals surface area contributed by atoms with Crippen LogP contribution in [-0.4, -0.2) is 52.6 Å². The first-order valence-electron chi connectivity index (χ1n) is 12.0. The third-order valence-electron chi connectivity index (χ3n) is 7.63. The van der Waals surface area contributed by atoms with Crippen molar-refractivity contribution in [3.63, 3.8) is 0 Å². The Morgan fingerprint density at radius 2 is 2.00 bits per heavy atom. The van der Waals surface area contributed by atoms with E-state index in [4.69, 9.17) is 9.47 Å². The Kier molecular flexibility index (Phi) is 5.61. The summed E-state index contributed by atoms with van der Waals surface area (Å²) >= 11 is 1.56. The zero-order chi connectivity index (χ0) is 25.9. The number of carbonyl (C=O) groups is 1. The van der Waals surface area contributed by atoms with Gasteiger partial charge in [-0.2, -0.15) is 0 Å². The van der Waals surface area contributed by atoms with Gasteiger partial charge in [0, 0.05) is 42.7 Å². The first kappa shape index (κ1) is 23.7. The van der Waals surface area contributed by atoms with E-state index in [0.29, 0.717) is 18.4 Å². The fraction of sp³-hybridized carbons (Fsp3) is 0.333. The Labute approximate surface area is 216 Å². The van der Waals surface area contributed by atoms with Crippen molar-refractivity contribution in [2.75, 3.05) is 25.4 Å². The van der Waals surface area contributed by atoms with Gasteiger partial charge in [-0.1, -0.05) is 18.2 Å². The molecular weight excluding hydrogens is 497 g/mol. The molecule has 1 aliphatic carbocycles. The van der Waals surface area contributed by atoms with Gasteiger partial charge in [0.05, 0.1) is 11.6 Å². The first-order chi connectivity index (χ1) is 17.8. The Morgan fingerprint density at radius 1 is 1.19 bits per heavy atom. The number of nitrogens with zero attached hydrogens (tertiary/aromatic N) is 3. The number of hydrogen-bond donors (Lipinski definition) is 1. The van der Waals surface area contributed by atoms with Gasteiger partial charge >= 0.3 is 0 Å². The zero-order valence-corrected chi connectivity index (χ0v) is 21.2. The van der Waals surface area contributed by atoms with E-state index in [9.17, 15) is 14.7 Å². The average molecular weight is 524 g/mol. The van der Waals surface area contributed by atoms with E-state index < -0.39 is 34.5 Å². The molecule has 1 N–H and O–H groups in total. The lowest BCUT2D eigenvalue weighted by molar-refractivity contribution is -0.0602. The Bertz CT molecular complexity index is 1470. The average Bonchev–Trinajstić information content (AvgIpc) is 3.27. The van der Waals surface area contributed by atoms with Crippen molar-refractivity contribution in [1.82, 2.24) is 9.58 Å². The van der Waals surface area contributed by atoms with Crippen molar-refractivity contribution < 1.29 is 23.8 Å². The van der Waals surface area contributed by atoms with Crippen molar-refractivity contribution in [2.45, 2.75) is 37.5 Å². The van der Waals surface area contributed by atoms with E-state index in [1.54, 1.807) is 35.5 Å². The summed E-state index contributed by atoms with van der Waals surface area (Å²) in [6.07, 6.45) is 6.23. The first-order valence-corrected chi connectivity index (χ1v) is 12.9. The van der Waals surface area contributed by atoms with Gasteiger partial charge in [-0.15, -0.1) is 11.3 Å². The molecule has 3 aliphatic rings. The number of ether oxygens (including phenoxy) is 2. The van der Waals surface area contributed by atoms with E-state index in [-0.39, 0.29) is 30.8 Å². The van der Waals surface area contributed by atoms with Crippen molar-refractivity contribution in [1.29, 1.82) is 0 Å². The Hall–Kier alpha value is -3.63. The SMILES string of the molecule is COC1CC2(/C=C/COc3c(F)cccc3C(c3ccsc3C)N3CN2C(=O)c2c(O)c(=O)ccn23)C1.